The predicted octanol–water partition coefficient (Wildman–Crippen LogP) is -0.0103. The van der Waals surface area contributed by atoms with Gasteiger partial charge in [-0.25, -0.2) is 9.88 Å². The lowest BCUT2D eigenvalue weighted by Crippen LogP contribution is -3.00. The molecule has 0 saturated heterocycles. The zero-order valence-electron chi connectivity index (χ0n) is 14.4. The van der Waals surface area contributed by atoms with E-state index in [-0.39, 0.29) is 23.8 Å². The molecule has 140 valence electrons. The molecule has 1 N–H and O–H groups in total. The number of amides is 2. The van der Waals surface area contributed by atoms with Crippen molar-refractivity contribution in [1.82, 2.24) is 4.98 Å². The molecule has 1 aliphatic rings. The zero-order chi connectivity index (χ0) is 18.8. The third kappa shape index (κ3) is 3.67. The number of aromatic nitrogens is 2. The molecule has 1 aliphatic heterocycles. The fourth-order valence-corrected chi connectivity index (χ4v) is 3.04. The summed E-state index contributed by atoms with van der Waals surface area (Å²) < 4.78 is 2.45. The van der Waals surface area contributed by atoms with Crippen LogP contribution in [0.5, 0.6) is 0 Å². The van der Waals surface area contributed by atoms with Gasteiger partial charge in [0.25, 0.3) is 5.91 Å². The highest BCUT2D eigenvalue weighted by Gasteiger charge is 2.45. The molecule has 2 amide bonds. The van der Waals surface area contributed by atoms with Crippen LogP contribution in [0, 0.1) is 0 Å². The molecule has 1 aromatic carbocycles. The van der Waals surface area contributed by atoms with Crippen molar-refractivity contribution in [1.29, 1.82) is 0 Å². The van der Waals surface area contributed by atoms with Gasteiger partial charge in [0.05, 0.1) is 5.69 Å². The highest BCUT2D eigenvalue weighted by atomic mass is 79.9. The van der Waals surface area contributed by atoms with E-state index >= 15 is 0 Å². The first kappa shape index (κ1) is 19.7. The van der Waals surface area contributed by atoms with E-state index < -0.39 is 11.8 Å². The summed E-state index contributed by atoms with van der Waals surface area (Å²) in [5.41, 5.74) is 0.936. The maximum absolute atomic E-state index is 13.1. The third-order valence-electron chi connectivity index (χ3n) is 4.03. The molecule has 0 saturated carbocycles. The molecule has 2 aromatic heterocycles. The second-order valence-electron chi connectivity index (χ2n) is 5.77. The number of halogens is 2. The van der Waals surface area contributed by atoms with Crippen LogP contribution < -0.4 is 27.2 Å². The Labute approximate surface area is 176 Å². The van der Waals surface area contributed by atoms with Gasteiger partial charge < -0.3 is 17.7 Å². The summed E-state index contributed by atoms with van der Waals surface area (Å²) in [6, 6.07) is 17.8. The van der Waals surface area contributed by atoms with E-state index in [4.69, 9.17) is 0 Å². The summed E-state index contributed by atoms with van der Waals surface area (Å²) in [6.45, 7) is 0. The van der Waals surface area contributed by atoms with Gasteiger partial charge in [-0.15, -0.1) is 0 Å². The molecule has 28 heavy (non-hydrogen) atoms. The Morgan fingerprint density at radius 1 is 0.893 bits per heavy atom. The van der Waals surface area contributed by atoms with Crippen molar-refractivity contribution in [3.05, 3.63) is 89.4 Å². The second kappa shape index (κ2) is 8.33. The normalized spacial score (nSPS) is 13.5. The van der Waals surface area contributed by atoms with E-state index in [1.54, 1.807) is 71.7 Å². The van der Waals surface area contributed by atoms with E-state index in [9.17, 15) is 9.59 Å². The maximum atomic E-state index is 13.1. The maximum Gasteiger partial charge on any atom is 0.333 e. The minimum atomic E-state index is -0.428. The van der Waals surface area contributed by atoms with Crippen molar-refractivity contribution in [3.63, 3.8) is 0 Å². The average molecular weight is 458 g/mol. The van der Waals surface area contributed by atoms with Crippen LogP contribution in [0.25, 0.3) is 5.70 Å². The van der Waals surface area contributed by atoms with Crippen molar-refractivity contribution < 1.29 is 26.6 Å². The van der Waals surface area contributed by atoms with Gasteiger partial charge in [-0.2, -0.15) is 4.57 Å². The topological polar surface area (TPSA) is 66.2 Å². The molecule has 0 atom stereocenters. The van der Waals surface area contributed by atoms with Crippen LogP contribution in [0.4, 0.5) is 11.5 Å². The largest absolute Gasteiger partial charge is 1.00 e. The Bertz CT molecular complexity index is 1040. The van der Waals surface area contributed by atoms with Gasteiger partial charge in [0.15, 0.2) is 18.1 Å². The van der Waals surface area contributed by atoms with E-state index in [0.29, 0.717) is 11.5 Å². The van der Waals surface area contributed by atoms with Gasteiger partial charge in [-0.05, 0) is 40.2 Å². The molecule has 0 aliphatic carbocycles. The van der Waals surface area contributed by atoms with Crippen LogP contribution in [-0.4, -0.2) is 16.8 Å². The van der Waals surface area contributed by atoms with Crippen LogP contribution >= 0.6 is 15.9 Å². The van der Waals surface area contributed by atoms with Crippen LogP contribution in [0.2, 0.25) is 0 Å². The molecular formula is C20H14BrClN4O2. The van der Waals surface area contributed by atoms with Crippen LogP contribution in [0.1, 0.15) is 0 Å². The van der Waals surface area contributed by atoms with Crippen molar-refractivity contribution in [2.75, 3.05) is 10.2 Å². The zero-order valence-corrected chi connectivity index (χ0v) is 16.8. The van der Waals surface area contributed by atoms with Gasteiger partial charge >= 0.3 is 11.6 Å². The lowest BCUT2D eigenvalue weighted by Gasteiger charge is -2.13. The standard InChI is InChI=1S/C20H13BrN4O2.ClH/c21-14-9-10-16(22-13-14)23-17-18(24-11-5-2-6-12-24)20(27)25(19(17)26)15-7-3-1-4-8-15;/h1-13H;1H. The number of pyridine rings is 2. The monoisotopic (exact) mass is 456 g/mol. The average Bonchev–Trinajstić information content (AvgIpc) is 2.95. The summed E-state index contributed by atoms with van der Waals surface area (Å²) in [4.78, 5) is 31.6. The highest BCUT2D eigenvalue weighted by molar-refractivity contribution is 9.10. The summed E-state index contributed by atoms with van der Waals surface area (Å²) in [5, 5.41) is 3.01. The van der Waals surface area contributed by atoms with Gasteiger partial charge in [-0.1, -0.05) is 24.3 Å². The number of anilines is 2. The first-order valence-electron chi connectivity index (χ1n) is 8.18. The molecule has 4 rings (SSSR count). The summed E-state index contributed by atoms with van der Waals surface area (Å²) in [6.07, 6.45) is 5.08. The number of rotatable bonds is 4. The molecule has 0 radical (unpaired) electrons. The smallest absolute Gasteiger partial charge is 0.333 e. The summed E-state index contributed by atoms with van der Waals surface area (Å²) in [5.74, 6) is -0.359. The van der Waals surface area contributed by atoms with Crippen molar-refractivity contribution in [3.8, 4) is 0 Å². The van der Waals surface area contributed by atoms with Crippen LogP contribution in [-0.2, 0) is 9.59 Å². The number of carbonyl (C=O) groups is 2. The SMILES string of the molecule is O=C1C(Nc2ccc(Br)cn2)=C([n+]2ccccc2)C(=O)N1c1ccccc1.[Cl-]. The number of hydrogen-bond donors (Lipinski definition) is 1. The summed E-state index contributed by atoms with van der Waals surface area (Å²) in [7, 11) is 0. The number of carbonyl (C=O) groups excluding carboxylic acids is 2. The first-order valence-corrected chi connectivity index (χ1v) is 8.98. The molecule has 3 heterocycles. The number of benzene rings is 1. The van der Waals surface area contributed by atoms with E-state index in [1.807, 2.05) is 12.1 Å². The molecule has 0 unspecified atom stereocenters. The number of hydrogen-bond acceptors (Lipinski definition) is 4. The quantitative estimate of drug-likeness (QED) is 0.442. The Balaban J connectivity index is 0.00000225. The minimum Gasteiger partial charge on any atom is -1.00 e. The van der Waals surface area contributed by atoms with Crippen molar-refractivity contribution >= 4 is 44.9 Å². The molecular weight excluding hydrogens is 444 g/mol. The number of nitrogens with one attached hydrogen (secondary N) is 1. The third-order valence-corrected chi connectivity index (χ3v) is 4.50. The molecule has 3 aromatic rings. The van der Waals surface area contributed by atoms with Crippen LogP contribution in [0.15, 0.2) is 89.4 Å². The lowest BCUT2D eigenvalue weighted by molar-refractivity contribution is -0.577. The molecule has 8 heteroatoms. The summed E-state index contributed by atoms with van der Waals surface area (Å²) >= 11 is 3.33. The van der Waals surface area contributed by atoms with Gasteiger partial charge in [0.1, 0.15) is 5.82 Å². The second-order valence-corrected chi connectivity index (χ2v) is 6.69. The van der Waals surface area contributed by atoms with Crippen LogP contribution in [0.3, 0.4) is 0 Å². The van der Waals surface area contributed by atoms with Crippen molar-refractivity contribution in [2.24, 2.45) is 0 Å². The molecule has 0 bridgehead atoms. The predicted molar refractivity (Wildman–Crippen MR) is 104 cm³/mol. The minimum absolute atomic E-state index is 0. The molecule has 0 fully saturated rings. The number of nitrogens with zero attached hydrogens (tertiary/aromatic N) is 3. The van der Waals surface area contributed by atoms with Crippen molar-refractivity contribution in [2.45, 2.75) is 0 Å². The number of imide groups is 1. The Morgan fingerprint density at radius 2 is 1.57 bits per heavy atom. The Hall–Kier alpha value is -3.03. The van der Waals surface area contributed by atoms with Gasteiger partial charge in [-0.3, -0.25) is 9.59 Å². The Kier molecular flexibility index (Phi) is 5.87. The number of para-hydroxylation sites is 1. The molecule has 0 spiro atoms. The Morgan fingerprint density at radius 3 is 2.21 bits per heavy atom. The van der Waals surface area contributed by atoms with E-state index in [0.717, 1.165) is 9.37 Å². The highest BCUT2D eigenvalue weighted by Crippen LogP contribution is 2.27. The van der Waals surface area contributed by atoms with Gasteiger partial charge in [0.2, 0.25) is 0 Å². The fourth-order valence-electron chi connectivity index (χ4n) is 2.81. The van der Waals surface area contributed by atoms with E-state index in [2.05, 4.69) is 26.2 Å². The van der Waals surface area contributed by atoms with Gasteiger partial charge in [0, 0.05) is 22.8 Å². The first-order chi connectivity index (χ1) is 13.1. The molecule has 6 nitrogen and oxygen atoms in total. The van der Waals surface area contributed by atoms with E-state index in [1.165, 1.54) is 0 Å². The lowest BCUT2D eigenvalue weighted by atomic mass is 10.3. The fraction of sp³-hybridized carbons (Fsp3) is 0.